The largest absolute Gasteiger partial charge is 0.349 e. The van der Waals surface area contributed by atoms with Gasteiger partial charge in [-0.05, 0) is 31.9 Å². The molecule has 3 rings (SSSR count). The van der Waals surface area contributed by atoms with Gasteiger partial charge in [-0.3, -0.25) is 9.59 Å². The molecule has 1 aromatic carbocycles. The van der Waals surface area contributed by atoms with Crippen molar-refractivity contribution >= 4 is 28.8 Å². The van der Waals surface area contributed by atoms with Crippen molar-refractivity contribution in [2.45, 2.75) is 32.2 Å². The molecular weight excluding hydrogens is 336 g/mol. The first-order valence-electron chi connectivity index (χ1n) is 7.44. The summed E-state index contributed by atoms with van der Waals surface area (Å²) in [6.45, 7) is 1.72. The summed E-state index contributed by atoms with van der Waals surface area (Å²) in [4.78, 5) is 28.8. The zero-order valence-electron chi connectivity index (χ0n) is 12.9. The highest BCUT2D eigenvalue weighted by molar-refractivity contribution is 7.13. The Morgan fingerprint density at radius 3 is 2.71 bits per heavy atom. The Balaban J connectivity index is 1.63. The van der Waals surface area contributed by atoms with Crippen LogP contribution < -0.4 is 10.6 Å². The van der Waals surface area contributed by atoms with E-state index < -0.39 is 17.5 Å². The van der Waals surface area contributed by atoms with Gasteiger partial charge in [0.1, 0.15) is 9.88 Å². The molecule has 1 fully saturated rings. The monoisotopic (exact) mass is 351 g/mol. The summed E-state index contributed by atoms with van der Waals surface area (Å²) in [5.74, 6) is -2.59. The lowest BCUT2D eigenvalue weighted by Gasteiger charge is -2.04. The second-order valence-corrected chi connectivity index (χ2v) is 6.71. The molecular formula is C16H15F2N3O2S. The van der Waals surface area contributed by atoms with Crippen LogP contribution in [0.5, 0.6) is 0 Å². The van der Waals surface area contributed by atoms with Gasteiger partial charge in [-0.2, -0.15) is 0 Å². The number of aromatic nitrogens is 1. The summed E-state index contributed by atoms with van der Waals surface area (Å²) in [6, 6.07) is 3.38. The Labute approximate surface area is 141 Å². The highest BCUT2D eigenvalue weighted by Crippen LogP contribution is 2.23. The SMILES string of the molecule is Cc1nc(CC(=O)Nc2ccc(F)c(F)c2)sc1C(=O)NC1CC1. The van der Waals surface area contributed by atoms with Crippen molar-refractivity contribution in [1.82, 2.24) is 10.3 Å². The van der Waals surface area contributed by atoms with E-state index in [1.165, 1.54) is 6.07 Å². The van der Waals surface area contributed by atoms with E-state index in [9.17, 15) is 18.4 Å². The summed E-state index contributed by atoms with van der Waals surface area (Å²) < 4.78 is 26.0. The van der Waals surface area contributed by atoms with Crippen LogP contribution in [0.4, 0.5) is 14.5 Å². The summed E-state index contributed by atoms with van der Waals surface area (Å²) in [5, 5.41) is 5.86. The third-order valence-corrected chi connectivity index (χ3v) is 4.63. The van der Waals surface area contributed by atoms with Crippen LogP contribution in [-0.2, 0) is 11.2 Å². The summed E-state index contributed by atoms with van der Waals surface area (Å²) in [6.07, 6.45) is 1.95. The third-order valence-electron chi connectivity index (χ3n) is 3.47. The van der Waals surface area contributed by atoms with Gasteiger partial charge in [0, 0.05) is 17.8 Å². The zero-order valence-corrected chi connectivity index (χ0v) is 13.7. The minimum atomic E-state index is -1.03. The van der Waals surface area contributed by atoms with E-state index in [1.54, 1.807) is 6.92 Å². The average Bonchev–Trinajstić information content (AvgIpc) is 3.24. The molecule has 0 bridgehead atoms. The molecule has 0 atom stereocenters. The van der Waals surface area contributed by atoms with Gasteiger partial charge in [-0.1, -0.05) is 0 Å². The van der Waals surface area contributed by atoms with E-state index >= 15 is 0 Å². The highest BCUT2D eigenvalue weighted by Gasteiger charge is 2.26. The second kappa shape index (κ2) is 6.64. The van der Waals surface area contributed by atoms with Crippen molar-refractivity contribution in [3.05, 3.63) is 45.4 Å². The van der Waals surface area contributed by atoms with Crippen LogP contribution in [-0.4, -0.2) is 22.8 Å². The minimum absolute atomic E-state index is 0.0405. The van der Waals surface area contributed by atoms with Crippen molar-refractivity contribution in [2.75, 3.05) is 5.32 Å². The predicted octanol–water partition coefficient (Wildman–Crippen LogP) is 2.80. The Bertz CT molecular complexity index is 803. The fourth-order valence-electron chi connectivity index (χ4n) is 2.13. The quantitative estimate of drug-likeness (QED) is 0.870. The fourth-order valence-corrected chi connectivity index (χ4v) is 3.10. The van der Waals surface area contributed by atoms with Gasteiger partial charge in [0.05, 0.1) is 12.1 Å². The second-order valence-electron chi connectivity index (χ2n) is 5.62. The van der Waals surface area contributed by atoms with Crippen molar-refractivity contribution in [3.63, 3.8) is 0 Å². The molecule has 0 unspecified atom stereocenters. The van der Waals surface area contributed by atoms with Crippen molar-refractivity contribution in [2.24, 2.45) is 0 Å². The van der Waals surface area contributed by atoms with E-state index in [4.69, 9.17) is 0 Å². The summed E-state index contributed by atoms with van der Waals surface area (Å²) in [7, 11) is 0. The Hall–Kier alpha value is -2.35. The van der Waals surface area contributed by atoms with Crippen LogP contribution in [0.1, 0.15) is 33.2 Å². The first-order valence-corrected chi connectivity index (χ1v) is 8.26. The number of hydrogen-bond acceptors (Lipinski definition) is 4. The van der Waals surface area contributed by atoms with E-state index in [-0.39, 0.29) is 24.1 Å². The van der Waals surface area contributed by atoms with E-state index in [1.807, 2.05) is 0 Å². The van der Waals surface area contributed by atoms with Crippen LogP contribution >= 0.6 is 11.3 Å². The van der Waals surface area contributed by atoms with E-state index in [2.05, 4.69) is 15.6 Å². The molecule has 24 heavy (non-hydrogen) atoms. The number of halogens is 2. The molecule has 1 aliphatic carbocycles. The smallest absolute Gasteiger partial charge is 0.263 e. The average molecular weight is 351 g/mol. The molecule has 0 radical (unpaired) electrons. The van der Waals surface area contributed by atoms with Crippen molar-refractivity contribution < 1.29 is 18.4 Å². The van der Waals surface area contributed by atoms with Gasteiger partial charge in [0.2, 0.25) is 5.91 Å². The topological polar surface area (TPSA) is 71.1 Å². The number of rotatable bonds is 5. The molecule has 2 N–H and O–H groups in total. The Kier molecular flexibility index (Phi) is 4.57. The lowest BCUT2D eigenvalue weighted by molar-refractivity contribution is -0.115. The summed E-state index contributed by atoms with van der Waals surface area (Å²) >= 11 is 1.16. The Morgan fingerprint density at radius 2 is 2.04 bits per heavy atom. The number of aryl methyl sites for hydroxylation is 1. The van der Waals surface area contributed by atoms with Gasteiger partial charge in [0.25, 0.3) is 5.91 Å². The number of amides is 2. The van der Waals surface area contributed by atoms with Crippen LogP contribution in [0.25, 0.3) is 0 Å². The van der Waals surface area contributed by atoms with Crippen LogP contribution in [0.3, 0.4) is 0 Å². The predicted molar refractivity (Wildman–Crippen MR) is 86.0 cm³/mol. The molecule has 2 amide bonds. The molecule has 1 saturated carbocycles. The molecule has 1 aromatic heterocycles. The maximum Gasteiger partial charge on any atom is 0.263 e. The van der Waals surface area contributed by atoms with Gasteiger partial charge in [-0.15, -0.1) is 11.3 Å². The van der Waals surface area contributed by atoms with Gasteiger partial charge >= 0.3 is 0 Å². The molecule has 0 spiro atoms. The number of carbonyl (C=O) groups excluding carboxylic acids is 2. The fraction of sp³-hybridized carbons (Fsp3) is 0.312. The molecule has 5 nitrogen and oxygen atoms in total. The molecule has 126 valence electrons. The number of benzene rings is 1. The van der Waals surface area contributed by atoms with Gasteiger partial charge in [-0.25, -0.2) is 13.8 Å². The van der Waals surface area contributed by atoms with Crippen LogP contribution in [0.2, 0.25) is 0 Å². The maximum absolute atomic E-state index is 13.1. The standard InChI is InChI=1S/C16H15F2N3O2S/c1-8-15(16(23)21-9-2-3-9)24-14(19-8)7-13(22)20-10-4-5-11(17)12(18)6-10/h4-6,9H,2-3,7H2,1H3,(H,20,22)(H,21,23). The van der Waals surface area contributed by atoms with Crippen molar-refractivity contribution in [3.8, 4) is 0 Å². The number of anilines is 1. The number of hydrogen-bond donors (Lipinski definition) is 2. The lowest BCUT2D eigenvalue weighted by Crippen LogP contribution is -2.25. The maximum atomic E-state index is 13.1. The van der Waals surface area contributed by atoms with Gasteiger partial charge < -0.3 is 10.6 Å². The van der Waals surface area contributed by atoms with E-state index in [0.717, 1.165) is 36.3 Å². The van der Waals surface area contributed by atoms with Gasteiger partial charge in [0.15, 0.2) is 11.6 Å². The number of nitrogens with zero attached hydrogens (tertiary/aromatic N) is 1. The summed E-state index contributed by atoms with van der Waals surface area (Å²) in [5.41, 5.74) is 0.743. The number of nitrogens with one attached hydrogen (secondary N) is 2. The van der Waals surface area contributed by atoms with Crippen molar-refractivity contribution in [1.29, 1.82) is 0 Å². The molecule has 1 aliphatic rings. The lowest BCUT2D eigenvalue weighted by atomic mass is 10.3. The van der Waals surface area contributed by atoms with E-state index in [0.29, 0.717) is 15.6 Å². The normalized spacial score (nSPS) is 13.6. The molecule has 0 saturated heterocycles. The minimum Gasteiger partial charge on any atom is -0.349 e. The Morgan fingerprint density at radius 1 is 1.29 bits per heavy atom. The molecule has 2 aromatic rings. The number of carbonyl (C=O) groups is 2. The van der Waals surface area contributed by atoms with Crippen LogP contribution in [0.15, 0.2) is 18.2 Å². The first kappa shape index (κ1) is 16.5. The first-order chi connectivity index (χ1) is 11.4. The third kappa shape index (κ3) is 3.94. The molecule has 8 heteroatoms. The zero-order chi connectivity index (χ0) is 17.3. The number of thiazole rings is 1. The molecule has 0 aliphatic heterocycles. The highest BCUT2D eigenvalue weighted by atomic mass is 32.1. The molecule has 1 heterocycles. The van der Waals surface area contributed by atoms with Crippen LogP contribution in [0, 0.1) is 18.6 Å².